The summed E-state index contributed by atoms with van der Waals surface area (Å²) in [5.41, 5.74) is 2.40. The predicted octanol–water partition coefficient (Wildman–Crippen LogP) is 3.54. The largest absolute Gasteiger partial charge is 0.304 e. The van der Waals surface area contributed by atoms with Crippen molar-refractivity contribution in [1.29, 1.82) is 0 Å². The molecule has 0 radical (unpaired) electrons. The zero-order chi connectivity index (χ0) is 22.5. The van der Waals surface area contributed by atoms with Crippen LogP contribution >= 0.6 is 11.8 Å². The number of benzene rings is 3. The number of para-hydroxylation sites is 1. The van der Waals surface area contributed by atoms with E-state index in [9.17, 15) is 14.4 Å². The summed E-state index contributed by atoms with van der Waals surface area (Å²) in [6.45, 7) is 3.08. The molecule has 3 aromatic rings. The minimum atomic E-state index is -1.38. The quantitative estimate of drug-likeness (QED) is 0.656. The van der Waals surface area contributed by atoms with E-state index in [1.165, 1.54) is 18.9 Å². The Balaban J connectivity index is 1.61. The Morgan fingerprint density at radius 3 is 2.50 bits per heavy atom. The van der Waals surface area contributed by atoms with E-state index in [2.05, 4.69) is 10.4 Å². The molecule has 7 nitrogen and oxygen atoms in total. The second kappa shape index (κ2) is 7.49. The molecule has 0 fully saturated rings. The first-order valence-electron chi connectivity index (χ1n) is 10.2. The molecule has 0 unspecified atom stereocenters. The van der Waals surface area contributed by atoms with E-state index in [0.29, 0.717) is 12.1 Å². The molecule has 160 valence electrons. The van der Waals surface area contributed by atoms with Gasteiger partial charge in [-0.3, -0.25) is 14.4 Å². The normalized spacial score (nSPS) is 19.4. The molecule has 3 amide bonds. The average Bonchev–Trinajstić information content (AvgIpc) is 3.26. The first-order valence-corrected chi connectivity index (χ1v) is 11.0. The van der Waals surface area contributed by atoms with Crippen molar-refractivity contribution < 1.29 is 14.4 Å². The molecule has 2 heterocycles. The Labute approximate surface area is 189 Å². The van der Waals surface area contributed by atoms with Crippen molar-refractivity contribution in [1.82, 2.24) is 10.3 Å². The summed E-state index contributed by atoms with van der Waals surface area (Å²) in [6, 6.07) is 21.5. The van der Waals surface area contributed by atoms with Crippen LogP contribution in [0.5, 0.6) is 0 Å². The third-order valence-electron chi connectivity index (χ3n) is 5.62. The van der Waals surface area contributed by atoms with E-state index in [0.717, 1.165) is 33.8 Å². The van der Waals surface area contributed by atoms with Gasteiger partial charge in [-0.05, 0) is 34.2 Å². The van der Waals surface area contributed by atoms with E-state index in [4.69, 9.17) is 0 Å². The molecule has 1 spiro atoms. The van der Waals surface area contributed by atoms with E-state index in [1.54, 1.807) is 4.90 Å². The smallest absolute Gasteiger partial charge is 0.271 e. The van der Waals surface area contributed by atoms with Gasteiger partial charge in [-0.25, -0.2) is 0 Å². The fraction of sp³-hybridized carbons (Fsp3) is 0.167. The highest BCUT2D eigenvalue weighted by Gasteiger charge is 2.61. The summed E-state index contributed by atoms with van der Waals surface area (Å²) >= 11 is 1.09. The maximum absolute atomic E-state index is 14.0. The van der Waals surface area contributed by atoms with Gasteiger partial charge in [0.2, 0.25) is 16.7 Å². The lowest BCUT2D eigenvalue weighted by Crippen LogP contribution is -2.48. The number of carbonyl (C=O) groups is 3. The van der Waals surface area contributed by atoms with E-state index in [1.807, 2.05) is 66.7 Å². The first kappa shape index (κ1) is 20.3. The molecular formula is C24H20N4O3S. The fourth-order valence-electron chi connectivity index (χ4n) is 4.32. The van der Waals surface area contributed by atoms with Gasteiger partial charge in [0.25, 0.3) is 5.91 Å². The molecule has 8 heteroatoms. The lowest BCUT2D eigenvalue weighted by Gasteiger charge is -2.29. The molecule has 2 aliphatic heterocycles. The molecule has 1 N–H and O–H groups in total. The molecule has 3 aromatic carbocycles. The van der Waals surface area contributed by atoms with Gasteiger partial charge in [0.15, 0.2) is 5.17 Å². The van der Waals surface area contributed by atoms with Crippen LogP contribution in [0, 0.1) is 0 Å². The Kier molecular flexibility index (Phi) is 4.74. The summed E-state index contributed by atoms with van der Waals surface area (Å²) in [6.07, 6.45) is 0. The summed E-state index contributed by atoms with van der Waals surface area (Å²) < 4.78 is 0. The van der Waals surface area contributed by atoms with Gasteiger partial charge in [-0.15, -0.1) is 5.10 Å². The topological polar surface area (TPSA) is 82.1 Å². The number of hydrazone groups is 1. The highest BCUT2D eigenvalue weighted by atomic mass is 32.2. The number of anilines is 1. The third-order valence-corrected chi connectivity index (χ3v) is 6.86. The average molecular weight is 445 g/mol. The molecule has 0 aromatic heterocycles. The minimum Gasteiger partial charge on any atom is -0.304 e. The van der Waals surface area contributed by atoms with E-state index >= 15 is 0 Å². The Hall–Kier alpha value is -3.65. The molecule has 1 atom stereocenters. The van der Waals surface area contributed by atoms with Crippen molar-refractivity contribution in [2.24, 2.45) is 5.10 Å². The van der Waals surface area contributed by atoms with Gasteiger partial charge in [-0.2, -0.15) is 5.01 Å². The highest BCUT2D eigenvalue weighted by Crippen LogP contribution is 2.54. The highest BCUT2D eigenvalue weighted by molar-refractivity contribution is 8.15. The molecular weight excluding hydrogens is 424 g/mol. The van der Waals surface area contributed by atoms with Crippen LogP contribution in [0.15, 0.2) is 71.8 Å². The van der Waals surface area contributed by atoms with Crippen molar-refractivity contribution >= 4 is 51.1 Å². The second-order valence-corrected chi connectivity index (χ2v) is 8.89. The Bertz CT molecular complexity index is 1320. The lowest BCUT2D eigenvalue weighted by molar-refractivity contribution is -0.139. The standard InChI is InChI=1S/C24H20N4O3S/c1-15(29)25-23-26-28(16(2)30)24(32-23)20-12-5-6-13-21(20)27(22(24)31)14-18-10-7-9-17-8-3-4-11-19(17)18/h3-13H,14H2,1-2H3,(H,25,26,29)/t24-/m0/s1. The van der Waals surface area contributed by atoms with Gasteiger partial charge in [0.1, 0.15) is 0 Å². The molecule has 0 bridgehead atoms. The van der Waals surface area contributed by atoms with Crippen molar-refractivity contribution in [3.8, 4) is 0 Å². The zero-order valence-corrected chi connectivity index (χ0v) is 18.3. The van der Waals surface area contributed by atoms with Crippen LogP contribution in [-0.4, -0.2) is 27.9 Å². The monoisotopic (exact) mass is 444 g/mol. The van der Waals surface area contributed by atoms with Crippen LogP contribution in [-0.2, 0) is 25.8 Å². The molecule has 2 aliphatic rings. The number of hydrogen-bond donors (Lipinski definition) is 1. The molecule has 5 rings (SSSR count). The Morgan fingerprint density at radius 2 is 1.72 bits per heavy atom. The van der Waals surface area contributed by atoms with Gasteiger partial charge in [-0.1, -0.05) is 60.7 Å². The number of carbonyl (C=O) groups excluding carboxylic acids is 3. The third kappa shape index (κ3) is 2.98. The molecule has 0 saturated carbocycles. The van der Waals surface area contributed by atoms with Gasteiger partial charge in [0, 0.05) is 19.4 Å². The maximum Gasteiger partial charge on any atom is 0.271 e. The van der Waals surface area contributed by atoms with Crippen LogP contribution in [0.2, 0.25) is 0 Å². The van der Waals surface area contributed by atoms with Crippen LogP contribution in [0.1, 0.15) is 25.0 Å². The summed E-state index contributed by atoms with van der Waals surface area (Å²) in [7, 11) is 0. The second-order valence-electron chi connectivity index (χ2n) is 7.71. The van der Waals surface area contributed by atoms with Crippen molar-refractivity contribution in [3.05, 3.63) is 77.9 Å². The summed E-state index contributed by atoms with van der Waals surface area (Å²) in [5, 5.41) is 10.5. The number of nitrogens with zero attached hydrogens (tertiary/aromatic N) is 3. The number of nitrogens with one attached hydrogen (secondary N) is 1. The number of amides is 3. The van der Waals surface area contributed by atoms with Crippen LogP contribution in [0.3, 0.4) is 0 Å². The Morgan fingerprint density at radius 1 is 1.00 bits per heavy atom. The number of fused-ring (bicyclic) bond motifs is 3. The van der Waals surface area contributed by atoms with Crippen LogP contribution in [0.25, 0.3) is 10.8 Å². The van der Waals surface area contributed by atoms with Crippen LogP contribution < -0.4 is 10.2 Å². The van der Waals surface area contributed by atoms with E-state index in [-0.39, 0.29) is 22.9 Å². The van der Waals surface area contributed by atoms with Gasteiger partial charge in [0.05, 0.1) is 12.2 Å². The zero-order valence-electron chi connectivity index (χ0n) is 17.5. The SMILES string of the molecule is CC(=O)NC1=NN(C(C)=O)[C@@]2(S1)C(=O)N(Cc1cccc3ccccc13)c1ccccc12. The van der Waals surface area contributed by atoms with E-state index < -0.39 is 4.87 Å². The molecule has 32 heavy (non-hydrogen) atoms. The van der Waals surface area contributed by atoms with Crippen molar-refractivity contribution in [2.75, 3.05) is 4.90 Å². The van der Waals surface area contributed by atoms with Gasteiger partial charge >= 0.3 is 0 Å². The number of thioether (sulfide) groups is 1. The number of rotatable bonds is 2. The van der Waals surface area contributed by atoms with Gasteiger partial charge < -0.3 is 10.2 Å². The summed E-state index contributed by atoms with van der Waals surface area (Å²) in [4.78, 5) is 38.5. The fourth-order valence-corrected chi connectivity index (χ4v) is 5.66. The first-order chi connectivity index (χ1) is 15.4. The maximum atomic E-state index is 14.0. The predicted molar refractivity (Wildman–Crippen MR) is 125 cm³/mol. The van der Waals surface area contributed by atoms with Crippen molar-refractivity contribution in [3.63, 3.8) is 0 Å². The van der Waals surface area contributed by atoms with Crippen LogP contribution in [0.4, 0.5) is 5.69 Å². The van der Waals surface area contributed by atoms with Crippen molar-refractivity contribution in [2.45, 2.75) is 25.3 Å². The molecule has 0 saturated heterocycles. The molecule has 0 aliphatic carbocycles. The number of amidine groups is 1. The minimum absolute atomic E-state index is 0.225. The lowest BCUT2D eigenvalue weighted by atomic mass is 10.0. The number of hydrogen-bond acceptors (Lipinski definition) is 5. The summed E-state index contributed by atoms with van der Waals surface area (Å²) in [5.74, 6) is -0.966.